The molecule has 10 heteroatoms. The van der Waals surface area contributed by atoms with Crippen molar-refractivity contribution in [1.82, 2.24) is 10.2 Å². The van der Waals surface area contributed by atoms with Crippen LogP contribution in [-0.2, 0) is 20.9 Å². The molecule has 0 saturated heterocycles. The topological polar surface area (TPSA) is 116 Å². The van der Waals surface area contributed by atoms with Crippen LogP contribution in [0.3, 0.4) is 0 Å². The summed E-state index contributed by atoms with van der Waals surface area (Å²) in [5, 5.41) is 24.0. The van der Waals surface area contributed by atoms with Crippen LogP contribution >= 0.6 is 23.2 Å². The van der Waals surface area contributed by atoms with Crippen LogP contribution in [-0.4, -0.2) is 64.1 Å². The smallest absolute Gasteiger partial charge is 0.290 e. The van der Waals surface area contributed by atoms with Crippen molar-refractivity contribution >= 4 is 40.8 Å². The van der Waals surface area contributed by atoms with Gasteiger partial charge in [0.1, 0.15) is 18.0 Å². The van der Waals surface area contributed by atoms with Gasteiger partial charge < -0.3 is 25.2 Å². The first-order valence-electron chi connectivity index (χ1n) is 11.6. The molecule has 0 aromatic heterocycles. The Kier molecular flexibility index (Phi) is 8.00. The Morgan fingerprint density at radius 3 is 2.58 bits per heavy atom. The van der Waals surface area contributed by atoms with Crippen LogP contribution in [0.15, 0.2) is 54.1 Å². The number of nitrogens with one attached hydrogen (secondary N) is 1. The van der Waals surface area contributed by atoms with Crippen LogP contribution < -0.4 is 10.1 Å². The highest BCUT2D eigenvalue weighted by atomic mass is 35.5. The van der Waals surface area contributed by atoms with Crippen LogP contribution in [0.2, 0.25) is 10.0 Å². The lowest BCUT2D eigenvalue weighted by Gasteiger charge is -2.40. The monoisotopic (exact) mass is 532 g/mol. The molecule has 2 aromatic rings. The molecule has 2 aromatic carbocycles. The van der Waals surface area contributed by atoms with Gasteiger partial charge in [-0.15, -0.1) is 0 Å². The Bertz CT molecular complexity index is 1220. The number of hydrogen-bond donors (Lipinski definition) is 3. The zero-order valence-electron chi connectivity index (χ0n) is 19.5. The number of Topliss-reactive ketones (excluding diaryl/α,β-unsaturated/α-hetero) is 1. The van der Waals surface area contributed by atoms with Gasteiger partial charge in [0.2, 0.25) is 11.7 Å². The van der Waals surface area contributed by atoms with E-state index in [4.69, 9.17) is 27.9 Å². The lowest BCUT2D eigenvalue weighted by Crippen LogP contribution is -2.56. The molecule has 4 rings (SSSR count). The average Bonchev–Trinajstić information content (AvgIpc) is 3.27. The summed E-state index contributed by atoms with van der Waals surface area (Å²) in [5.41, 5.74) is 1.52. The molecular weight excluding hydrogens is 507 g/mol. The van der Waals surface area contributed by atoms with Gasteiger partial charge in [0.25, 0.3) is 5.91 Å². The number of hydrogen-bond acceptors (Lipinski definition) is 6. The van der Waals surface area contributed by atoms with Gasteiger partial charge in [-0.1, -0.05) is 54.4 Å². The molecule has 4 atom stereocenters. The van der Waals surface area contributed by atoms with Gasteiger partial charge in [0, 0.05) is 40.7 Å². The van der Waals surface area contributed by atoms with E-state index in [1.165, 1.54) is 17.0 Å². The van der Waals surface area contributed by atoms with Gasteiger partial charge in [-0.05, 0) is 29.8 Å². The molecule has 36 heavy (non-hydrogen) atoms. The molecule has 8 nitrogen and oxygen atoms in total. The molecule has 0 radical (unpaired) electrons. The summed E-state index contributed by atoms with van der Waals surface area (Å²) < 4.78 is 6.06. The van der Waals surface area contributed by atoms with Crippen molar-refractivity contribution in [2.75, 3.05) is 13.2 Å². The molecule has 190 valence electrons. The Labute approximate surface area is 218 Å². The van der Waals surface area contributed by atoms with E-state index >= 15 is 0 Å². The van der Waals surface area contributed by atoms with E-state index in [1.54, 1.807) is 31.2 Å². The number of halogens is 2. The third kappa shape index (κ3) is 4.99. The lowest BCUT2D eigenvalue weighted by molar-refractivity contribution is -0.148. The summed E-state index contributed by atoms with van der Waals surface area (Å²) in [5.74, 6) is -1.99. The first-order valence-corrected chi connectivity index (χ1v) is 12.3. The maximum absolute atomic E-state index is 13.3. The number of ether oxygens (including phenoxy) is 1. The summed E-state index contributed by atoms with van der Waals surface area (Å²) in [6, 6.07) is 10.9. The largest absolute Gasteiger partial charge is 0.486 e. The summed E-state index contributed by atoms with van der Waals surface area (Å²) in [6.45, 7) is 1.24. The minimum Gasteiger partial charge on any atom is -0.486 e. The number of para-hydroxylation sites is 1. The number of fused-ring (bicyclic) bond motifs is 3. The van der Waals surface area contributed by atoms with Gasteiger partial charge in [-0.3, -0.25) is 14.4 Å². The van der Waals surface area contributed by atoms with Crippen LogP contribution in [0, 0.1) is 0 Å². The fourth-order valence-electron chi connectivity index (χ4n) is 4.65. The third-order valence-electron chi connectivity index (χ3n) is 6.41. The summed E-state index contributed by atoms with van der Waals surface area (Å²) >= 11 is 12.4. The second-order valence-electron chi connectivity index (χ2n) is 8.63. The normalized spacial score (nSPS) is 22.1. The molecule has 3 N–H and O–H groups in total. The third-order valence-corrected chi connectivity index (χ3v) is 7.00. The van der Waals surface area contributed by atoms with E-state index in [9.17, 15) is 24.6 Å². The molecule has 2 amide bonds. The van der Waals surface area contributed by atoms with E-state index < -0.39 is 41.8 Å². The van der Waals surface area contributed by atoms with E-state index in [1.807, 2.05) is 12.1 Å². The molecule has 0 fully saturated rings. The Morgan fingerprint density at radius 1 is 1.14 bits per heavy atom. The Balaban J connectivity index is 1.80. The van der Waals surface area contributed by atoms with Gasteiger partial charge in [0.15, 0.2) is 0 Å². The van der Waals surface area contributed by atoms with Gasteiger partial charge in [0.05, 0.1) is 18.6 Å². The second kappa shape index (κ2) is 11.0. The predicted octanol–water partition coefficient (Wildman–Crippen LogP) is 2.62. The molecule has 1 heterocycles. The first kappa shape index (κ1) is 26.2. The maximum Gasteiger partial charge on any atom is 0.290 e. The number of carbonyl (C=O) groups excluding carboxylic acids is 3. The standard InChI is InChI=1S/C26H26Cl2N2O6/c1-2-20(32)26(35)30(13-14-7-8-15(27)11-18(14)28)19-12-17(25(34)29-9-10-31)22-16-5-3-4-6-21(16)36-24(22)23(19)33/h3-8,11-12,19,22-24,31,33H,2,9-10,13H2,1H3,(H,29,34)/t19-,22+,23+,24+/m1/s1. The predicted molar refractivity (Wildman–Crippen MR) is 134 cm³/mol. The zero-order chi connectivity index (χ0) is 26.0. The molecular formula is C26H26Cl2N2O6. The number of aliphatic hydroxyl groups is 2. The Hall–Kier alpha value is -2.91. The van der Waals surface area contributed by atoms with E-state index in [0.29, 0.717) is 21.4 Å². The minimum absolute atomic E-state index is 0.0284. The lowest BCUT2D eigenvalue weighted by atomic mass is 9.77. The highest BCUT2D eigenvalue weighted by Crippen LogP contribution is 2.47. The number of rotatable bonds is 8. The summed E-state index contributed by atoms with van der Waals surface area (Å²) in [7, 11) is 0. The molecule has 0 spiro atoms. The number of ketones is 1. The number of aliphatic hydroxyl groups excluding tert-OH is 2. The van der Waals surface area contributed by atoms with Crippen molar-refractivity contribution in [3.05, 3.63) is 75.3 Å². The molecule has 0 saturated carbocycles. The fraction of sp³-hybridized carbons (Fsp3) is 0.346. The quantitative estimate of drug-likeness (QED) is 0.450. The van der Waals surface area contributed by atoms with Gasteiger partial charge >= 0.3 is 0 Å². The maximum atomic E-state index is 13.3. The van der Waals surface area contributed by atoms with Crippen molar-refractivity contribution in [3.63, 3.8) is 0 Å². The highest BCUT2D eigenvalue weighted by Gasteiger charge is 2.50. The van der Waals surface area contributed by atoms with Crippen molar-refractivity contribution in [3.8, 4) is 5.75 Å². The van der Waals surface area contributed by atoms with Crippen molar-refractivity contribution in [2.45, 2.75) is 44.1 Å². The van der Waals surface area contributed by atoms with Crippen LogP contribution in [0.25, 0.3) is 0 Å². The van der Waals surface area contributed by atoms with Crippen molar-refractivity contribution in [1.29, 1.82) is 0 Å². The summed E-state index contributed by atoms with van der Waals surface area (Å²) in [6.07, 6.45) is -0.653. The van der Waals surface area contributed by atoms with E-state index in [-0.39, 0.29) is 31.7 Å². The van der Waals surface area contributed by atoms with Crippen molar-refractivity contribution in [2.24, 2.45) is 0 Å². The number of nitrogens with zero attached hydrogens (tertiary/aromatic N) is 1. The SMILES string of the molecule is CCC(=O)C(=O)N(Cc1ccc(Cl)cc1Cl)[C@@H]1C=C(C(=O)NCCO)[C@@H]2c3ccccc3O[C@@H]2[C@H]1O. The highest BCUT2D eigenvalue weighted by molar-refractivity contribution is 6.36. The number of amides is 2. The minimum atomic E-state index is -1.25. The molecule has 1 aliphatic heterocycles. The number of benzene rings is 2. The molecule has 0 bridgehead atoms. The molecule has 2 aliphatic rings. The van der Waals surface area contributed by atoms with Gasteiger partial charge in [-0.2, -0.15) is 0 Å². The van der Waals surface area contributed by atoms with Crippen LogP contribution in [0.1, 0.15) is 30.4 Å². The van der Waals surface area contributed by atoms with E-state index in [2.05, 4.69) is 5.32 Å². The molecule has 1 aliphatic carbocycles. The van der Waals surface area contributed by atoms with E-state index in [0.717, 1.165) is 5.56 Å². The van der Waals surface area contributed by atoms with Gasteiger partial charge in [-0.25, -0.2) is 0 Å². The second-order valence-corrected chi connectivity index (χ2v) is 9.47. The molecule has 0 unspecified atom stereocenters. The zero-order valence-corrected chi connectivity index (χ0v) is 21.0. The van der Waals surface area contributed by atoms with Crippen molar-refractivity contribution < 1.29 is 29.3 Å². The first-order chi connectivity index (χ1) is 17.3. The number of carbonyl (C=O) groups is 3. The van der Waals surface area contributed by atoms with Crippen LogP contribution in [0.5, 0.6) is 5.75 Å². The Morgan fingerprint density at radius 2 is 1.89 bits per heavy atom. The van der Waals surface area contributed by atoms with Crippen LogP contribution in [0.4, 0.5) is 0 Å². The average molecular weight is 533 g/mol. The fourth-order valence-corrected chi connectivity index (χ4v) is 5.12. The summed E-state index contributed by atoms with van der Waals surface area (Å²) in [4.78, 5) is 40.1.